The van der Waals surface area contributed by atoms with E-state index in [1.807, 2.05) is 0 Å². The van der Waals surface area contributed by atoms with Gasteiger partial charge in [-0.1, -0.05) is 12.1 Å². The van der Waals surface area contributed by atoms with Crippen molar-refractivity contribution in [2.24, 2.45) is 5.73 Å². The minimum Gasteiger partial charge on any atom is -0.488 e. The predicted molar refractivity (Wildman–Crippen MR) is 76.6 cm³/mol. The number of fused-ring (bicyclic) bond motifs is 1. The zero-order valence-electron chi connectivity index (χ0n) is 11.2. The number of hydrogen-bond donors (Lipinski definition) is 1. The number of benzene rings is 1. The maximum atomic E-state index is 5.97. The quantitative estimate of drug-likeness (QED) is 0.926. The van der Waals surface area contributed by atoms with Gasteiger partial charge in [-0.2, -0.15) is 0 Å². The molecule has 4 rings (SSSR count). The molecule has 1 atom stereocenters. The second-order valence-corrected chi connectivity index (χ2v) is 5.58. The van der Waals surface area contributed by atoms with E-state index < -0.39 is 0 Å². The molecule has 0 radical (unpaired) electrons. The summed E-state index contributed by atoms with van der Waals surface area (Å²) in [6.07, 6.45) is 5.14. The molecule has 4 heteroatoms. The van der Waals surface area contributed by atoms with Crippen molar-refractivity contribution in [1.82, 2.24) is 9.97 Å². The molecule has 2 aromatic rings. The third-order valence-electron chi connectivity index (χ3n) is 4.05. The van der Waals surface area contributed by atoms with E-state index in [0.717, 1.165) is 29.1 Å². The molecule has 2 heterocycles. The molecule has 1 saturated carbocycles. The lowest BCUT2D eigenvalue weighted by atomic mass is 10.0. The first kappa shape index (κ1) is 11.9. The van der Waals surface area contributed by atoms with E-state index in [9.17, 15) is 0 Å². The molecule has 1 fully saturated rings. The van der Waals surface area contributed by atoms with Crippen LogP contribution in [-0.2, 0) is 6.42 Å². The molecule has 4 nitrogen and oxygen atoms in total. The zero-order chi connectivity index (χ0) is 13.5. The number of hydrogen-bond acceptors (Lipinski definition) is 4. The number of ether oxygens (including phenoxy) is 1. The third kappa shape index (κ3) is 1.96. The summed E-state index contributed by atoms with van der Waals surface area (Å²) in [6, 6.07) is 8.34. The van der Waals surface area contributed by atoms with Gasteiger partial charge in [-0.15, -0.1) is 0 Å². The van der Waals surface area contributed by atoms with E-state index in [-0.39, 0.29) is 6.10 Å². The predicted octanol–water partition coefficient (Wildman–Crippen LogP) is 2.28. The van der Waals surface area contributed by atoms with Crippen molar-refractivity contribution in [3.63, 3.8) is 0 Å². The first-order valence-electron chi connectivity index (χ1n) is 7.16. The molecule has 1 aromatic carbocycles. The van der Waals surface area contributed by atoms with Crippen LogP contribution in [0.4, 0.5) is 0 Å². The Morgan fingerprint density at radius 3 is 2.95 bits per heavy atom. The topological polar surface area (TPSA) is 61.0 Å². The Morgan fingerprint density at radius 2 is 2.15 bits per heavy atom. The van der Waals surface area contributed by atoms with Crippen LogP contribution in [-0.4, -0.2) is 22.6 Å². The molecule has 1 aromatic heterocycles. The third-order valence-corrected chi connectivity index (χ3v) is 4.05. The summed E-state index contributed by atoms with van der Waals surface area (Å²) in [5.41, 5.74) is 10.1. The maximum Gasteiger partial charge on any atom is 0.132 e. The van der Waals surface area contributed by atoms with E-state index in [4.69, 9.17) is 10.5 Å². The molecule has 0 amide bonds. The van der Waals surface area contributed by atoms with Crippen LogP contribution < -0.4 is 10.5 Å². The molecular weight excluding hydrogens is 250 g/mol. The lowest BCUT2D eigenvalue weighted by Gasteiger charge is -2.10. The lowest BCUT2D eigenvalue weighted by molar-refractivity contribution is 0.242. The highest BCUT2D eigenvalue weighted by molar-refractivity contribution is 5.70. The van der Waals surface area contributed by atoms with Crippen LogP contribution in [0, 0.1) is 0 Å². The van der Waals surface area contributed by atoms with Gasteiger partial charge in [0.05, 0.1) is 5.69 Å². The zero-order valence-corrected chi connectivity index (χ0v) is 11.2. The Kier molecular flexibility index (Phi) is 2.70. The summed E-state index contributed by atoms with van der Waals surface area (Å²) in [5.74, 6) is 1.58. The van der Waals surface area contributed by atoms with Crippen LogP contribution in [0.3, 0.4) is 0 Å². The van der Waals surface area contributed by atoms with Gasteiger partial charge in [-0.3, -0.25) is 0 Å². The first-order valence-corrected chi connectivity index (χ1v) is 7.16. The summed E-state index contributed by atoms with van der Waals surface area (Å²) < 4.78 is 5.97. The molecule has 0 saturated heterocycles. The number of para-hydroxylation sites is 1. The van der Waals surface area contributed by atoms with Crippen molar-refractivity contribution >= 4 is 0 Å². The number of nitrogens with two attached hydrogens (primary N) is 1. The van der Waals surface area contributed by atoms with Gasteiger partial charge in [0.25, 0.3) is 0 Å². The van der Waals surface area contributed by atoms with Crippen molar-refractivity contribution in [3.8, 4) is 17.0 Å². The molecule has 1 aliphatic carbocycles. The SMILES string of the molecule is NC[C@@H]1Cc2cccc(-c3cc(C4CC4)ncn3)c2O1. The van der Waals surface area contributed by atoms with Gasteiger partial charge in [0, 0.05) is 30.1 Å². The smallest absolute Gasteiger partial charge is 0.132 e. The van der Waals surface area contributed by atoms with Crippen molar-refractivity contribution in [2.75, 3.05) is 6.54 Å². The van der Waals surface area contributed by atoms with E-state index in [0.29, 0.717) is 12.5 Å². The summed E-state index contributed by atoms with van der Waals surface area (Å²) in [4.78, 5) is 8.81. The average molecular weight is 267 g/mol. The monoisotopic (exact) mass is 267 g/mol. The number of aromatic nitrogens is 2. The van der Waals surface area contributed by atoms with Gasteiger partial charge in [-0.25, -0.2) is 9.97 Å². The summed E-state index contributed by atoms with van der Waals surface area (Å²) in [7, 11) is 0. The van der Waals surface area contributed by atoms with Crippen LogP contribution in [0.25, 0.3) is 11.3 Å². The number of nitrogens with zero attached hydrogens (tertiary/aromatic N) is 2. The fourth-order valence-corrected chi connectivity index (χ4v) is 2.79. The molecule has 20 heavy (non-hydrogen) atoms. The molecule has 2 N–H and O–H groups in total. The van der Waals surface area contributed by atoms with Gasteiger partial charge in [0.2, 0.25) is 0 Å². The summed E-state index contributed by atoms with van der Waals surface area (Å²) in [5, 5.41) is 0. The Morgan fingerprint density at radius 1 is 1.25 bits per heavy atom. The molecule has 1 aliphatic heterocycles. The molecule has 0 unspecified atom stereocenters. The second-order valence-electron chi connectivity index (χ2n) is 5.58. The van der Waals surface area contributed by atoms with Crippen molar-refractivity contribution < 1.29 is 4.74 Å². The largest absolute Gasteiger partial charge is 0.488 e. The molecule has 2 aliphatic rings. The first-order chi connectivity index (χ1) is 9.85. The summed E-state index contributed by atoms with van der Waals surface area (Å²) in [6.45, 7) is 0.547. The van der Waals surface area contributed by atoms with Crippen molar-refractivity contribution in [3.05, 3.63) is 41.9 Å². The van der Waals surface area contributed by atoms with Gasteiger partial charge >= 0.3 is 0 Å². The van der Waals surface area contributed by atoms with Crippen molar-refractivity contribution in [2.45, 2.75) is 31.3 Å². The summed E-state index contributed by atoms with van der Waals surface area (Å²) >= 11 is 0. The van der Waals surface area contributed by atoms with Gasteiger partial charge in [0.1, 0.15) is 18.2 Å². The van der Waals surface area contributed by atoms with Crippen LogP contribution >= 0.6 is 0 Å². The highest BCUT2D eigenvalue weighted by atomic mass is 16.5. The minimum absolute atomic E-state index is 0.0934. The highest BCUT2D eigenvalue weighted by Gasteiger charge is 2.27. The van der Waals surface area contributed by atoms with Crippen molar-refractivity contribution in [1.29, 1.82) is 0 Å². The van der Waals surface area contributed by atoms with Crippen LogP contribution in [0.5, 0.6) is 5.75 Å². The Hall–Kier alpha value is -1.94. The van der Waals surface area contributed by atoms with Gasteiger partial charge in [-0.05, 0) is 30.5 Å². The number of rotatable bonds is 3. The second kappa shape index (κ2) is 4.56. The van der Waals surface area contributed by atoms with E-state index >= 15 is 0 Å². The fraction of sp³-hybridized carbons (Fsp3) is 0.375. The Bertz CT molecular complexity index is 652. The van der Waals surface area contributed by atoms with E-state index in [2.05, 4.69) is 34.2 Å². The van der Waals surface area contributed by atoms with E-state index in [1.165, 1.54) is 18.4 Å². The Labute approximate surface area is 118 Å². The van der Waals surface area contributed by atoms with Gasteiger partial charge < -0.3 is 10.5 Å². The fourth-order valence-electron chi connectivity index (χ4n) is 2.79. The molecule has 0 spiro atoms. The molecule has 0 bridgehead atoms. The van der Waals surface area contributed by atoms with Gasteiger partial charge in [0.15, 0.2) is 0 Å². The molecule has 102 valence electrons. The van der Waals surface area contributed by atoms with Crippen LogP contribution in [0.2, 0.25) is 0 Å². The molecular formula is C16H17N3O. The van der Waals surface area contributed by atoms with E-state index in [1.54, 1.807) is 6.33 Å². The normalized spacial score (nSPS) is 20.6. The van der Waals surface area contributed by atoms with Crippen LogP contribution in [0.1, 0.15) is 30.0 Å². The maximum absolute atomic E-state index is 5.97. The lowest BCUT2D eigenvalue weighted by Crippen LogP contribution is -2.24. The average Bonchev–Trinajstić information content (AvgIpc) is 3.25. The minimum atomic E-state index is 0.0934. The van der Waals surface area contributed by atoms with Crippen LogP contribution in [0.15, 0.2) is 30.6 Å². The standard InChI is InChI=1S/C16H17N3O/c17-8-12-6-11-2-1-3-13(16(11)20-12)15-7-14(10-4-5-10)18-9-19-15/h1-3,7,9-10,12H,4-6,8,17H2/t12-/m0/s1. The highest BCUT2D eigenvalue weighted by Crippen LogP contribution is 2.42. The Balaban J connectivity index is 1.76.